The predicted molar refractivity (Wildman–Crippen MR) is 139 cm³/mol. The van der Waals surface area contributed by atoms with E-state index in [2.05, 4.69) is 53.7 Å². The van der Waals surface area contributed by atoms with Crippen LogP contribution < -0.4 is 10.6 Å². The van der Waals surface area contributed by atoms with Gasteiger partial charge in [-0.15, -0.1) is 0 Å². The number of fused-ring (bicyclic) bond motifs is 2. The number of benzene rings is 1. The fourth-order valence-corrected chi connectivity index (χ4v) is 4.80. The molecule has 0 aliphatic carbocycles. The number of pyridine rings is 1. The second-order valence-corrected chi connectivity index (χ2v) is 9.57. The van der Waals surface area contributed by atoms with E-state index in [0.29, 0.717) is 18.0 Å². The van der Waals surface area contributed by atoms with Gasteiger partial charge in [0.15, 0.2) is 11.5 Å². The van der Waals surface area contributed by atoms with Crippen molar-refractivity contribution in [1.29, 1.82) is 0 Å². The number of allylic oxidation sites excluding steroid dienone is 2. The second kappa shape index (κ2) is 8.52. The number of aromatic amines is 2. The van der Waals surface area contributed by atoms with E-state index in [-0.39, 0.29) is 11.8 Å². The molecule has 0 bridgehead atoms. The van der Waals surface area contributed by atoms with Crippen LogP contribution in [-0.4, -0.2) is 37.6 Å². The Morgan fingerprint density at radius 1 is 1.20 bits per heavy atom. The van der Waals surface area contributed by atoms with Gasteiger partial charge in [-0.1, -0.05) is 26.0 Å². The average Bonchev–Trinajstić information content (AvgIpc) is 3.62. The second-order valence-electron chi connectivity index (χ2n) is 8.79. The molecule has 0 spiro atoms. The number of imidazole rings is 1. The van der Waals surface area contributed by atoms with Crippen LogP contribution in [0, 0.1) is 5.92 Å². The summed E-state index contributed by atoms with van der Waals surface area (Å²) in [5.74, 6) is 0.623. The molecule has 8 nitrogen and oxygen atoms in total. The lowest BCUT2D eigenvalue weighted by Gasteiger charge is -2.17. The first kappa shape index (κ1) is 21.3. The molecule has 0 radical (unpaired) electrons. The molecule has 1 aliphatic heterocycles. The van der Waals surface area contributed by atoms with Crippen LogP contribution in [0.5, 0.6) is 0 Å². The van der Waals surface area contributed by atoms with Gasteiger partial charge in [-0.3, -0.25) is 9.89 Å². The van der Waals surface area contributed by atoms with Crippen molar-refractivity contribution in [2.24, 2.45) is 5.92 Å². The third-order valence-electron chi connectivity index (χ3n) is 6.01. The molecule has 0 unspecified atom stereocenters. The Labute approximate surface area is 205 Å². The number of hydrogen-bond donors (Lipinski definition) is 4. The van der Waals surface area contributed by atoms with Crippen LogP contribution in [0.4, 0.5) is 0 Å². The Hall–Kier alpha value is -4.24. The standard InChI is InChI=1S/C26H23N7OS/c1-14(2)26(34)29-18-8-16(10-27-12-18)17-9-20-23(32-33-24(20)28-11-17)25-30-21-5-3-4-19(22(21)31-25)15-6-7-35-13-15/h3-11,13-14,27H,12H2,1-2H3,(H,29,34)(H,30,31)(H,28,32,33). The molecule has 35 heavy (non-hydrogen) atoms. The van der Waals surface area contributed by atoms with Gasteiger partial charge in [-0.25, -0.2) is 9.97 Å². The summed E-state index contributed by atoms with van der Waals surface area (Å²) >= 11 is 1.67. The number of dihydropyridines is 1. The van der Waals surface area contributed by atoms with E-state index in [0.717, 1.165) is 50.1 Å². The van der Waals surface area contributed by atoms with Crippen molar-refractivity contribution in [2.45, 2.75) is 13.8 Å². The lowest BCUT2D eigenvalue weighted by Crippen LogP contribution is -2.32. The maximum Gasteiger partial charge on any atom is 0.226 e. The first-order chi connectivity index (χ1) is 17.1. The third-order valence-corrected chi connectivity index (χ3v) is 6.70. The number of carbonyl (C=O) groups is 1. The van der Waals surface area contributed by atoms with Crippen LogP contribution in [0.2, 0.25) is 0 Å². The minimum Gasteiger partial charge on any atom is -0.385 e. The van der Waals surface area contributed by atoms with Crippen LogP contribution in [0.15, 0.2) is 65.3 Å². The highest BCUT2D eigenvalue weighted by Crippen LogP contribution is 2.33. The molecular formula is C26H23N7OS. The SMILES string of the molecule is CC(C)C(=O)NC1=CC(c2cnc3n[nH]c(-c4nc5c(-c6ccsc6)cccc5[nH]4)c3c2)=CNC1. The third kappa shape index (κ3) is 3.89. The molecule has 1 amide bonds. The summed E-state index contributed by atoms with van der Waals surface area (Å²) in [4.78, 5) is 25.1. The molecule has 0 atom stereocenters. The van der Waals surface area contributed by atoms with Gasteiger partial charge in [-0.2, -0.15) is 16.4 Å². The molecule has 0 saturated heterocycles. The number of aromatic nitrogens is 5. The Morgan fingerprint density at radius 3 is 2.94 bits per heavy atom. The fourth-order valence-electron chi connectivity index (χ4n) is 4.14. The van der Waals surface area contributed by atoms with Crippen molar-refractivity contribution in [3.05, 3.63) is 70.8 Å². The fraction of sp³-hybridized carbons (Fsp3) is 0.154. The van der Waals surface area contributed by atoms with E-state index in [1.807, 2.05) is 44.3 Å². The van der Waals surface area contributed by atoms with E-state index in [1.54, 1.807) is 17.5 Å². The number of amides is 1. The highest BCUT2D eigenvalue weighted by Gasteiger charge is 2.17. The van der Waals surface area contributed by atoms with Crippen LogP contribution in [0.25, 0.3) is 50.3 Å². The summed E-state index contributed by atoms with van der Waals surface area (Å²) in [5.41, 5.74) is 8.19. The van der Waals surface area contributed by atoms with Crippen LogP contribution in [0.1, 0.15) is 19.4 Å². The number of nitrogens with one attached hydrogen (secondary N) is 4. The number of thiophene rings is 1. The average molecular weight is 482 g/mol. The molecule has 174 valence electrons. The quantitative estimate of drug-likeness (QED) is 0.287. The topological polar surface area (TPSA) is 111 Å². The van der Waals surface area contributed by atoms with Gasteiger partial charge in [-0.05, 0) is 40.6 Å². The van der Waals surface area contributed by atoms with Crippen LogP contribution in [-0.2, 0) is 4.79 Å². The Morgan fingerprint density at radius 2 is 2.11 bits per heavy atom. The molecule has 9 heteroatoms. The minimum atomic E-state index is -0.0826. The predicted octanol–water partition coefficient (Wildman–Crippen LogP) is 4.83. The molecule has 5 heterocycles. The lowest BCUT2D eigenvalue weighted by atomic mass is 10.0. The van der Waals surface area contributed by atoms with Crippen molar-refractivity contribution in [1.82, 2.24) is 35.8 Å². The van der Waals surface area contributed by atoms with Crippen molar-refractivity contribution < 1.29 is 4.79 Å². The van der Waals surface area contributed by atoms with Crippen molar-refractivity contribution in [3.8, 4) is 22.6 Å². The van der Waals surface area contributed by atoms with Crippen LogP contribution >= 0.6 is 11.3 Å². The van der Waals surface area contributed by atoms with Gasteiger partial charge >= 0.3 is 0 Å². The summed E-state index contributed by atoms with van der Waals surface area (Å²) < 4.78 is 0. The van der Waals surface area contributed by atoms with Gasteiger partial charge in [0, 0.05) is 40.7 Å². The van der Waals surface area contributed by atoms with E-state index in [1.165, 1.54) is 0 Å². The van der Waals surface area contributed by atoms with Crippen molar-refractivity contribution >= 4 is 44.9 Å². The van der Waals surface area contributed by atoms with Gasteiger partial charge in [0.05, 0.1) is 23.0 Å². The van der Waals surface area contributed by atoms with Gasteiger partial charge in [0.25, 0.3) is 0 Å². The maximum absolute atomic E-state index is 12.1. The molecule has 1 aromatic carbocycles. The van der Waals surface area contributed by atoms with Gasteiger partial charge in [0.1, 0.15) is 5.69 Å². The first-order valence-electron chi connectivity index (χ1n) is 11.4. The summed E-state index contributed by atoms with van der Waals surface area (Å²) in [6.45, 7) is 4.32. The van der Waals surface area contributed by atoms with E-state index in [9.17, 15) is 4.79 Å². The van der Waals surface area contributed by atoms with Crippen molar-refractivity contribution in [2.75, 3.05) is 6.54 Å². The highest BCUT2D eigenvalue weighted by atomic mass is 32.1. The maximum atomic E-state index is 12.1. The Kier molecular flexibility index (Phi) is 5.18. The number of para-hydroxylation sites is 1. The molecule has 0 fully saturated rings. The molecule has 5 aromatic rings. The first-order valence-corrected chi connectivity index (χ1v) is 12.3. The summed E-state index contributed by atoms with van der Waals surface area (Å²) in [6.07, 6.45) is 5.70. The van der Waals surface area contributed by atoms with Gasteiger partial charge in [0.2, 0.25) is 5.91 Å². The number of carbonyl (C=O) groups excluding carboxylic acids is 1. The molecule has 4 aromatic heterocycles. The Bertz CT molecular complexity index is 1620. The number of hydrogen-bond acceptors (Lipinski definition) is 6. The highest BCUT2D eigenvalue weighted by molar-refractivity contribution is 7.08. The summed E-state index contributed by atoms with van der Waals surface area (Å²) in [6, 6.07) is 10.3. The Balaban J connectivity index is 1.39. The zero-order valence-corrected chi connectivity index (χ0v) is 20.0. The molecule has 1 aliphatic rings. The summed E-state index contributed by atoms with van der Waals surface area (Å²) in [7, 11) is 0. The smallest absolute Gasteiger partial charge is 0.226 e. The van der Waals surface area contributed by atoms with E-state index >= 15 is 0 Å². The molecular weight excluding hydrogens is 458 g/mol. The zero-order valence-electron chi connectivity index (χ0n) is 19.2. The monoisotopic (exact) mass is 481 g/mol. The summed E-state index contributed by atoms with van der Waals surface area (Å²) in [5, 5.41) is 18.8. The van der Waals surface area contributed by atoms with E-state index < -0.39 is 0 Å². The zero-order chi connectivity index (χ0) is 23.9. The van der Waals surface area contributed by atoms with Crippen LogP contribution in [0.3, 0.4) is 0 Å². The number of rotatable bonds is 5. The van der Waals surface area contributed by atoms with E-state index in [4.69, 9.17) is 4.98 Å². The lowest BCUT2D eigenvalue weighted by molar-refractivity contribution is -0.123. The minimum absolute atomic E-state index is 0.00305. The van der Waals surface area contributed by atoms with Gasteiger partial charge < -0.3 is 15.6 Å². The van der Waals surface area contributed by atoms with Crippen molar-refractivity contribution in [3.63, 3.8) is 0 Å². The number of H-pyrrole nitrogens is 2. The normalized spacial score (nSPS) is 13.7. The molecule has 0 saturated carbocycles. The molecule has 6 rings (SSSR count). The largest absolute Gasteiger partial charge is 0.385 e. The molecule has 4 N–H and O–H groups in total. The number of nitrogens with zero attached hydrogens (tertiary/aromatic N) is 3.